The maximum absolute atomic E-state index is 13.4. The molecule has 1 aliphatic heterocycles. The number of benzene rings is 1. The molecule has 2 aromatic heterocycles. The van der Waals surface area contributed by atoms with Crippen LogP contribution in [0.4, 0.5) is 0 Å². The molecular formula is C20H22BrN5O. The topological polar surface area (TPSA) is 56.0 Å². The normalized spacial score (nSPS) is 16.9. The maximum atomic E-state index is 13.4. The van der Waals surface area contributed by atoms with Crippen LogP contribution in [-0.2, 0) is 7.05 Å². The van der Waals surface area contributed by atoms with Gasteiger partial charge in [-0.3, -0.25) is 4.79 Å². The van der Waals surface area contributed by atoms with Gasteiger partial charge in [-0.15, -0.1) is 10.2 Å². The molecule has 1 unspecified atom stereocenters. The van der Waals surface area contributed by atoms with Gasteiger partial charge in [-0.25, -0.2) is 0 Å². The van der Waals surface area contributed by atoms with Crippen LogP contribution in [0.25, 0.3) is 5.69 Å². The molecule has 0 N–H and O–H groups in total. The summed E-state index contributed by atoms with van der Waals surface area (Å²) in [5.74, 6) is 0.913. The molecule has 3 aromatic rings. The highest BCUT2D eigenvalue weighted by molar-refractivity contribution is 9.10. The van der Waals surface area contributed by atoms with Crippen LogP contribution >= 0.6 is 15.9 Å². The van der Waals surface area contributed by atoms with Crippen molar-refractivity contribution in [2.45, 2.75) is 32.7 Å². The summed E-state index contributed by atoms with van der Waals surface area (Å²) in [4.78, 5) is 15.3. The Kier molecular flexibility index (Phi) is 4.63. The predicted molar refractivity (Wildman–Crippen MR) is 107 cm³/mol. The van der Waals surface area contributed by atoms with Gasteiger partial charge in [-0.1, -0.05) is 22.0 Å². The number of aromatic nitrogens is 4. The molecule has 7 heteroatoms. The third-order valence-corrected chi connectivity index (χ3v) is 5.78. The summed E-state index contributed by atoms with van der Waals surface area (Å²) in [6, 6.07) is 10.1. The van der Waals surface area contributed by atoms with Crippen molar-refractivity contribution >= 4 is 21.8 Å². The molecule has 1 saturated heterocycles. The Hall–Kier alpha value is -2.41. The van der Waals surface area contributed by atoms with Crippen molar-refractivity contribution in [3.05, 3.63) is 63.9 Å². The van der Waals surface area contributed by atoms with E-state index in [-0.39, 0.29) is 11.9 Å². The second-order valence-electron chi connectivity index (χ2n) is 7.06. The Balaban J connectivity index is 1.71. The Labute approximate surface area is 166 Å². The Morgan fingerprint density at radius 1 is 1.26 bits per heavy atom. The molecule has 0 spiro atoms. The van der Waals surface area contributed by atoms with Crippen molar-refractivity contribution in [1.82, 2.24) is 24.2 Å². The lowest BCUT2D eigenvalue weighted by molar-refractivity contribution is 0.0727. The van der Waals surface area contributed by atoms with Crippen molar-refractivity contribution in [2.75, 3.05) is 6.54 Å². The van der Waals surface area contributed by atoms with Gasteiger partial charge in [0.1, 0.15) is 6.33 Å². The zero-order valence-corrected chi connectivity index (χ0v) is 17.3. The summed E-state index contributed by atoms with van der Waals surface area (Å²) in [6.07, 6.45) is 3.59. The maximum Gasteiger partial charge on any atom is 0.256 e. The van der Waals surface area contributed by atoms with Gasteiger partial charge in [0.15, 0.2) is 5.82 Å². The number of hydrogen-bond donors (Lipinski definition) is 0. The van der Waals surface area contributed by atoms with Crippen molar-refractivity contribution in [1.29, 1.82) is 0 Å². The van der Waals surface area contributed by atoms with Crippen LogP contribution in [0, 0.1) is 13.8 Å². The first kappa shape index (κ1) is 18.0. The van der Waals surface area contributed by atoms with Crippen molar-refractivity contribution in [3.8, 4) is 5.69 Å². The van der Waals surface area contributed by atoms with E-state index in [4.69, 9.17) is 0 Å². The number of nitrogens with zero attached hydrogens (tertiary/aromatic N) is 5. The fourth-order valence-corrected chi connectivity index (χ4v) is 4.41. The van der Waals surface area contributed by atoms with Gasteiger partial charge in [-0.05, 0) is 51.0 Å². The molecule has 6 nitrogen and oxygen atoms in total. The minimum Gasteiger partial charge on any atom is -0.328 e. The van der Waals surface area contributed by atoms with Crippen LogP contribution in [0.15, 0.2) is 41.1 Å². The first-order valence-electron chi connectivity index (χ1n) is 9.07. The third-order valence-electron chi connectivity index (χ3n) is 5.29. The van der Waals surface area contributed by atoms with Crippen LogP contribution < -0.4 is 0 Å². The molecule has 27 heavy (non-hydrogen) atoms. The minimum atomic E-state index is -0.0149. The van der Waals surface area contributed by atoms with Crippen LogP contribution in [0.2, 0.25) is 0 Å². The molecule has 3 heterocycles. The molecule has 1 aromatic carbocycles. The highest BCUT2D eigenvalue weighted by Crippen LogP contribution is 2.33. The Morgan fingerprint density at radius 2 is 2.07 bits per heavy atom. The van der Waals surface area contributed by atoms with Gasteiger partial charge in [0.25, 0.3) is 5.91 Å². The molecule has 0 bridgehead atoms. The number of carbonyl (C=O) groups excluding carboxylic acids is 1. The van der Waals surface area contributed by atoms with E-state index in [1.807, 2.05) is 48.6 Å². The summed E-state index contributed by atoms with van der Waals surface area (Å²) in [7, 11) is 1.93. The lowest BCUT2D eigenvalue weighted by Gasteiger charge is -2.24. The van der Waals surface area contributed by atoms with Crippen molar-refractivity contribution in [2.24, 2.45) is 7.05 Å². The zero-order chi connectivity index (χ0) is 19.1. The largest absolute Gasteiger partial charge is 0.328 e. The van der Waals surface area contributed by atoms with Crippen molar-refractivity contribution in [3.63, 3.8) is 0 Å². The Morgan fingerprint density at radius 3 is 2.78 bits per heavy atom. The zero-order valence-electron chi connectivity index (χ0n) is 15.7. The van der Waals surface area contributed by atoms with Crippen LogP contribution in [0.5, 0.6) is 0 Å². The summed E-state index contributed by atoms with van der Waals surface area (Å²) in [5, 5.41) is 8.22. The summed E-state index contributed by atoms with van der Waals surface area (Å²) in [5.41, 5.74) is 3.80. The van der Waals surface area contributed by atoms with E-state index in [0.29, 0.717) is 0 Å². The van der Waals surface area contributed by atoms with E-state index in [0.717, 1.165) is 52.3 Å². The summed E-state index contributed by atoms with van der Waals surface area (Å²) in [6.45, 7) is 4.79. The van der Waals surface area contributed by atoms with E-state index >= 15 is 0 Å². The summed E-state index contributed by atoms with van der Waals surface area (Å²) >= 11 is 3.53. The number of rotatable bonds is 3. The summed E-state index contributed by atoms with van der Waals surface area (Å²) < 4.78 is 5.05. The number of amides is 1. The second-order valence-corrected chi connectivity index (χ2v) is 7.97. The molecule has 140 valence electrons. The van der Waals surface area contributed by atoms with Crippen LogP contribution in [0.1, 0.15) is 46.5 Å². The van der Waals surface area contributed by atoms with Crippen molar-refractivity contribution < 1.29 is 4.79 Å². The van der Waals surface area contributed by atoms with Gasteiger partial charge in [0, 0.05) is 35.1 Å². The highest BCUT2D eigenvalue weighted by atomic mass is 79.9. The first-order chi connectivity index (χ1) is 13.0. The molecule has 4 rings (SSSR count). The van der Waals surface area contributed by atoms with E-state index < -0.39 is 0 Å². The molecule has 0 aliphatic carbocycles. The Bertz CT molecular complexity index is 1010. The third kappa shape index (κ3) is 3.10. The van der Waals surface area contributed by atoms with E-state index in [2.05, 4.69) is 42.8 Å². The van der Waals surface area contributed by atoms with Gasteiger partial charge >= 0.3 is 0 Å². The lowest BCUT2D eigenvalue weighted by Crippen LogP contribution is -2.32. The number of carbonyl (C=O) groups is 1. The second kappa shape index (κ2) is 6.96. The molecular weight excluding hydrogens is 406 g/mol. The smallest absolute Gasteiger partial charge is 0.256 e. The number of likely N-dealkylation sites (tertiary alicyclic amines) is 1. The monoisotopic (exact) mass is 427 g/mol. The highest BCUT2D eigenvalue weighted by Gasteiger charge is 2.34. The number of halogens is 1. The minimum absolute atomic E-state index is 0.0149. The fraction of sp³-hybridized carbons (Fsp3) is 0.350. The number of aryl methyl sites for hydroxylation is 2. The van der Waals surface area contributed by atoms with E-state index in [1.54, 1.807) is 6.33 Å². The molecule has 1 amide bonds. The average Bonchev–Trinajstić information content (AvgIpc) is 3.33. The van der Waals surface area contributed by atoms with Gasteiger partial charge in [0.2, 0.25) is 0 Å². The van der Waals surface area contributed by atoms with Crippen LogP contribution in [0.3, 0.4) is 0 Å². The molecule has 0 saturated carbocycles. The fourth-order valence-electron chi connectivity index (χ4n) is 4.02. The SMILES string of the molecule is Cc1cc(C(=O)N2CCCC2c2nncn2C)c(C)n1-c1cccc(Br)c1. The lowest BCUT2D eigenvalue weighted by atomic mass is 10.1. The van der Waals surface area contributed by atoms with E-state index in [1.165, 1.54) is 0 Å². The quantitative estimate of drug-likeness (QED) is 0.635. The molecule has 0 radical (unpaired) electrons. The standard InChI is InChI=1S/C20H22BrN5O/c1-13-10-17(14(2)26(13)16-7-4-6-15(21)11-16)20(27)25-9-5-8-18(25)19-23-22-12-24(19)3/h4,6-7,10-12,18H,5,8-9H2,1-3H3. The molecule has 1 fully saturated rings. The van der Waals surface area contributed by atoms with E-state index in [9.17, 15) is 4.79 Å². The first-order valence-corrected chi connectivity index (χ1v) is 9.86. The number of hydrogen-bond acceptors (Lipinski definition) is 3. The average molecular weight is 428 g/mol. The van der Waals surface area contributed by atoms with Gasteiger partial charge in [0.05, 0.1) is 11.6 Å². The van der Waals surface area contributed by atoms with Crippen LogP contribution in [-0.4, -0.2) is 36.7 Å². The van der Waals surface area contributed by atoms with Gasteiger partial charge < -0.3 is 14.0 Å². The van der Waals surface area contributed by atoms with Gasteiger partial charge in [-0.2, -0.15) is 0 Å². The molecule has 1 aliphatic rings. The molecule has 1 atom stereocenters. The predicted octanol–water partition coefficient (Wildman–Crippen LogP) is 3.96.